The predicted molar refractivity (Wildman–Crippen MR) is 51.6 cm³/mol. The first kappa shape index (κ1) is 10.6. The van der Waals surface area contributed by atoms with E-state index < -0.39 is 5.97 Å². The Bertz CT molecular complexity index is 386. The second-order valence-electron chi connectivity index (χ2n) is 2.58. The van der Waals surface area contributed by atoms with Crippen molar-refractivity contribution in [1.29, 1.82) is 0 Å². The standard InChI is InChI=1S/C9H8O4S/c1-5(10)14-6-2-3-7(9(12)13)8(11)4-6/h2-4,11H,1H3,(H,12,13). The van der Waals surface area contributed by atoms with E-state index in [1.165, 1.54) is 25.1 Å². The molecule has 0 unspecified atom stereocenters. The Labute approximate surface area is 84.6 Å². The third kappa shape index (κ3) is 2.50. The van der Waals surface area contributed by atoms with Crippen molar-refractivity contribution < 1.29 is 19.8 Å². The van der Waals surface area contributed by atoms with E-state index in [2.05, 4.69) is 0 Å². The van der Waals surface area contributed by atoms with Gasteiger partial charge in [-0.05, 0) is 18.2 Å². The van der Waals surface area contributed by atoms with Gasteiger partial charge in [-0.1, -0.05) is 11.8 Å². The maximum Gasteiger partial charge on any atom is 0.339 e. The molecule has 14 heavy (non-hydrogen) atoms. The third-order valence-corrected chi connectivity index (χ3v) is 2.24. The molecule has 0 aromatic heterocycles. The first-order valence-electron chi connectivity index (χ1n) is 3.75. The van der Waals surface area contributed by atoms with E-state index in [0.717, 1.165) is 11.8 Å². The fourth-order valence-electron chi connectivity index (χ4n) is 0.922. The number of carbonyl (C=O) groups excluding carboxylic acids is 1. The van der Waals surface area contributed by atoms with E-state index in [0.29, 0.717) is 4.90 Å². The van der Waals surface area contributed by atoms with Crippen molar-refractivity contribution in [2.75, 3.05) is 0 Å². The molecule has 1 aromatic carbocycles. The topological polar surface area (TPSA) is 74.6 Å². The number of thioether (sulfide) groups is 1. The molecule has 0 saturated carbocycles. The number of carbonyl (C=O) groups is 2. The van der Waals surface area contributed by atoms with E-state index in [9.17, 15) is 14.7 Å². The van der Waals surface area contributed by atoms with Crippen molar-refractivity contribution in [2.45, 2.75) is 11.8 Å². The minimum atomic E-state index is -1.19. The Morgan fingerprint density at radius 3 is 2.43 bits per heavy atom. The van der Waals surface area contributed by atoms with Crippen LogP contribution >= 0.6 is 11.8 Å². The molecule has 74 valence electrons. The first-order chi connectivity index (χ1) is 6.50. The highest BCUT2D eigenvalue weighted by molar-refractivity contribution is 8.13. The largest absolute Gasteiger partial charge is 0.507 e. The fraction of sp³-hybridized carbons (Fsp3) is 0.111. The second-order valence-corrected chi connectivity index (χ2v) is 3.83. The molecule has 0 fully saturated rings. The van der Waals surface area contributed by atoms with Crippen molar-refractivity contribution in [3.05, 3.63) is 23.8 Å². The minimum absolute atomic E-state index is 0.118. The molecule has 0 aliphatic carbocycles. The lowest BCUT2D eigenvalue weighted by molar-refractivity contribution is -0.109. The Balaban J connectivity index is 3.00. The predicted octanol–water partition coefficient (Wildman–Crippen LogP) is 1.73. The summed E-state index contributed by atoms with van der Waals surface area (Å²) in [6.07, 6.45) is 0. The van der Waals surface area contributed by atoms with Crippen LogP contribution in [-0.4, -0.2) is 21.3 Å². The zero-order chi connectivity index (χ0) is 10.7. The van der Waals surface area contributed by atoms with Crippen LogP contribution in [0.1, 0.15) is 17.3 Å². The lowest BCUT2D eigenvalue weighted by Gasteiger charge is -2.01. The van der Waals surface area contributed by atoms with Gasteiger partial charge >= 0.3 is 5.97 Å². The average Bonchev–Trinajstić information content (AvgIpc) is 2.01. The van der Waals surface area contributed by atoms with Crippen LogP contribution in [0.5, 0.6) is 5.75 Å². The monoisotopic (exact) mass is 212 g/mol. The third-order valence-electron chi connectivity index (χ3n) is 1.46. The first-order valence-corrected chi connectivity index (χ1v) is 4.57. The van der Waals surface area contributed by atoms with Gasteiger partial charge in [0.25, 0.3) is 0 Å². The Morgan fingerprint density at radius 1 is 1.36 bits per heavy atom. The fourth-order valence-corrected chi connectivity index (χ4v) is 1.56. The summed E-state index contributed by atoms with van der Waals surface area (Å²) >= 11 is 0.941. The van der Waals surface area contributed by atoms with Crippen LogP contribution in [0.15, 0.2) is 23.1 Å². The number of benzene rings is 1. The molecule has 0 atom stereocenters. The smallest absolute Gasteiger partial charge is 0.339 e. The molecular formula is C9H8O4S. The van der Waals surface area contributed by atoms with Gasteiger partial charge in [0.15, 0.2) is 5.12 Å². The number of carboxylic acid groups (broad SMARTS) is 1. The van der Waals surface area contributed by atoms with Gasteiger partial charge in [-0.3, -0.25) is 4.79 Å². The average molecular weight is 212 g/mol. The number of aromatic carboxylic acids is 1. The van der Waals surface area contributed by atoms with Gasteiger partial charge in [-0.25, -0.2) is 4.79 Å². The van der Waals surface area contributed by atoms with Gasteiger partial charge in [0.05, 0.1) is 0 Å². The molecule has 0 bridgehead atoms. The maximum absolute atomic E-state index is 10.7. The van der Waals surface area contributed by atoms with Crippen LogP contribution < -0.4 is 0 Å². The van der Waals surface area contributed by atoms with Crippen LogP contribution in [0.25, 0.3) is 0 Å². The SMILES string of the molecule is CC(=O)Sc1ccc(C(=O)O)c(O)c1. The van der Waals surface area contributed by atoms with E-state index in [1.54, 1.807) is 0 Å². The van der Waals surface area contributed by atoms with Gasteiger partial charge in [0.1, 0.15) is 11.3 Å². The summed E-state index contributed by atoms with van der Waals surface area (Å²) in [6, 6.07) is 4.01. The van der Waals surface area contributed by atoms with Crippen molar-refractivity contribution >= 4 is 22.8 Å². The Kier molecular flexibility index (Phi) is 3.14. The molecule has 2 N–H and O–H groups in total. The maximum atomic E-state index is 10.7. The molecule has 0 radical (unpaired) electrons. The second kappa shape index (κ2) is 4.15. The van der Waals surface area contributed by atoms with E-state index in [4.69, 9.17) is 5.11 Å². The molecule has 5 heteroatoms. The van der Waals surface area contributed by atoms with Crippen LogP contribution in [0.2, 0.25) is 0 Å². The summed E-state index contributed by atoms with van der Waals surface area (Å²) in [5.74, 6) is -1.52. The van der Waals surface area contributed by atoms with E-state index in [-0.39, 0.29) is 16.4 Å². The molecule has 0 saturated heterocycles. The van der Waals surface area contributed by atoms with Gasteiger partial charge in [0.2, 0.25) is 0 Å². The normalized spacial score (nSPS) is 9.79. The van der Waals surface area contributed by atoms with Crippen molar-refractivity contribution in [1.82, 2.24) is 0 Å². The minimum Gasteiger partial charge on any atom is -0.507 e. The molecule has 0 heterocycles. The molecule has 0 aliphatic heterocycles. The number of aromatic hydroxyl groups is 1. The zero-order valence-corrected chi connectivity index (χ0v) is 8.17. The van der Waals surface area contributed by atoms with Crippen LogP contribution in [-0.2, 0) is 4.79 Å². The lowest BCUT2D eigenvalue weighted by atomic mass is 10.2. The lowest BCUT2D eigenvalue weighted by Crippen LogP contribution is -1.96. The van der Waals surface area contributed by atoms with Crippen molar-refractivity contribution in [2.24, 2.45) is 0 Å². The summed E-state index contributed by atoms with van der Waals surface area (Å²) in [5, 5.41) is 17.8. The zero-order valence-electron chi connectivity index (χ0n) is 7.35. The summed E-state index contributed by atoms with van der Waals surface area (Å²) in [6.45, 7) is 1.40. The van der Waals surface area contributed by atoms with Crippen LogP contribution in [0.4, 0.5) is 0 Å². The number of hydrogen-bond donors (Lipinski definition) is 2. The molecule has 1 rings (SSSR count). The van der Waals surface area contributed by atoms with Crippen LogP contribution in [0.3, 0.4) is 0 Å². The number of phenols is 1. The van der Waals surface area contributed by atoms with Gasteiger partial charge < -0.3 is 10.2 Å². The van der Waals surface area contributed by atoms with E-state index >= 15 is 0 Å². The molecule has 0 amide bonds. The van der Waals surface area contributed by atoms with Crippen molar-refractivity contribution in [3.63, 3.8) is 0 Å². The summed E-state index contributed by atoms with van der Waals surface area (Å²) in [7, 11) is 0. The molecule has 0 spiro atoms. The quantitative estimate of drug-likeness (QED) is 0.730. The number of hydrogen-bond acceptors (Lipinski definition) is 4. The highest BCUT2D eigenvalue weighted by atomic mass is 32.2. The molecule has 4 nitrogen and oxygen atoms in total. The van der Waals surface area contributed by atoms with E-state index in [1.807, 2.05) is 0 Å². The van der Waals surface area contributed by atoms with Gasteiger partial charge in [-0.2, -0.15) is 0 Å². The summed E-state index contributed by atoms with van der Waals surface area (Å²) in [5.41, 5.74) is -0.169. The van der Waals surface area contributed by atoms with Gasteiger partial charge in [0, 0.05) is 11.8 Å². The number of carboxylic acids is 1. The molecule has 1 aromatic rings. The molecule has 0 aliphatic rings. The Hall–Kier alpha value is -1.49. The highest BCUT2D eigenvalue weighted by Gasteiger charge is 2.10. The molecular weight excluding hydrogens is 204 g/mol. The summed E-state index contributed by atoms with van der Waals surface area (Å²) < 4.78 is 0. The Morgan fingerprint density at radius 2 is 2.00 bits per heavy atom. The summed E-state index contributed by atoms with van der Waals surface area (Å²) in [4.78, 5) is 21.8. The highest BCUT2D eigenvalue weighted by Crippen LogP contribution is 2.26. The number of rotatable bonds is 2. The van der Waals surface area contributed by atoms with Crippen molar-refractivity contribution in [3.8, 4) is 5.75 Å². The van der Waals surface area contributed by atoms with Crippen LogP contribution in [0, 0.1) is 0 Å². The van der Waals surface area contributed by atoms with Gasteiger partial charge in [-0.15, -0.1) is 0 Å².